The fourth-order valence-corrected chi connectivity index (χ4v) is 2.36. The van der Waals surface area contributed by atoms with Crippen LogP contribution >= 0.6 is 11.8 Å². The van der Waals surface area contributed by atoms with Crippen molar-refractivity contribution in [2.75, 3.05) is 11.5 Å². The minimum absolute atomic E-state index is 0.0808. The molecule has 1 aromatic heterocycles. The van der Waals surface area contributed by atoms with Crippen LogP contribution in [0.2, 0.25) is 0 Å². The van der Waals surface area contributed by atoms with Gasteiger partial charge < -0.3 is 10.6 Å². The number of nitrogens with one attached hydrogen (secondary N) is 2. The van der Waals surface area contributed by atoms with Crippen molar-refractivity contribution < 1.29 is 9.59 Å². The highest BCUT2D eigenvalue weighted by Gasteiger charge is 2.24. The third kappa shape index (κ3) is 3.45. The highest BCUT2D eigenvalue weighted by Crippen LogP contribution is 2.08. The van der Waals surface area contributed by atoms with E-state index in [4.69, 9.17) is 0 Å². The number of pyridine rings is 1. The lowest BCUT2D eigenvalue weighted by Gasteiger charge is -2.21. The Morgan fingerprint density at radius 2 is 2.53 bits per heavy atom. The second-order valence-electron chi connectivity index (χ2n) is 3.71. The Hall–Kier alpha value is -1.56. The van der Waals surface area contributed by atoms with Gasteiger partial charge in [0.25, 0.3) is 0 Å². The lowest BCUT2D eigenvalue weighted by atomic mass is 10.2. The number of hydrogen-bond acceptors (Lipinski definition) is 4. The van der Waals surface area contributed by atoms with Gasteiger partial charge in [0.1, 0.15) is 6.04 Å². The highest BCUT2D eigenvalue weighted by atomic mass is 32.2. The SMILES string of the molecule is O=C1CSCC(C(=O)NCc2cccnc2)N1. The van der Waals surface area contributed by atoms with Gasteiger partial charge in [-0.2, -0.15) is 0 Å². The summed E-state index contributed by atoms with van der Waals surface area (Å²) in [5, 5.41) is 5.45. The molecule has 2 amide bonds. The number of carbonyl (C=O) groups is 2. The van der Waals surface area contributed by atoms with E-state index in [1.165, 1.54) is 11.8 Å². The van der Waals surface area contributed by atoms with E-state index >= 15 is 0 Å². The van der Waals surface area contributed by atoms with E-state index in [2.05, 4.69) is 15.6 Å². The highest BCUT2D eigenvalue weighted by molar-refractivity contribution is 8.00. The predicted octanol–water partition coefficient (Wildman–Crippen LogP) is -0.0706. The lowest BCUT2D eigenvalue weighted by molar-refractivity contribution is -0.127. The molecule has 0 aromatic carbocycles. The molecule has 1 atom stereocenters. The summed E-state index contributed by atoms with van der Waals surface area (Å²) in [6.45, 7) is 0.434. The molecule has 1 saturated heterocycles. The van der Waals surface area contributed by atoms with Crippen molar-refractivity contribution in [3.63, 3.8) is 0 Å². The van der Waals surface area contributed by atoms with Gasteiger partial charge in [-0.05, 0) is 11.6 Å². The zero-order valence-electron chi connectivity index (χ0n) is 9.18. The first-order chi connectivity index (χ1) is 8.25. The van der Waals surface area contributed by atoms with Crippen LogP contribution in [0.1, 0.15) is 5.56 Å². The Bertz CT molecular complexity index is 410. The molecule has 90 valence electrons. The molecule has 2 heterocycles. The Morgan fingerprint density at radius 1 is 1.65 bits per heavy atom. The van der Waals surface area contributed by atoms with E-state index in [-0.39, 0.29) is 11.8 Å². The molecule has 5 nitrogen and oxygen atoms in total. The molecule has 0 saturated carbocycles. The molecule has 2 rings (SSSR count). The first kappa shape index (κ1) is 11.9. The first-order valence-electron chi connectivity index (χ1n) is 5.29. The summed E-state index contributed by atoms with van der Waals surface area (Å²) in [5.74, 6) is 0.842. The maximum absolute atomic E-state index is 11.8. The van der Waals surface area contributed by atoms with Crippen LogP contribution < -0.4 is 10.6 Å². The summed E-state index contributed by atoms with van der Waals surface area (Å²) in [6, 6.07) is 3.29. The van der Waals surface area contributed by atoms with Crippen molar-refractivity contribution in [2.45, 2.75) is 12.6 Å². The summed E-state index contributed by atoms with van der Waals surface area (Å²) in [7, 11) is 0. The van der Waals surface area contributed by atoms with Gasteiger partial charge in [0.2, 0.25) is 11.8 Å². The molecule has 2 N–H and O–H groups in total. The number of carbonyl (C=O) groups excluding carboxylic acids is 2. The van der Waals surface area contributed by atoms with Gasteiger partial charge in [0.05, 0.1) is 5.75 Å². The van der Waals surface area contributed by atoms with Gasteiger partial charge in [-0.3, -0.25) is 14.6 Å². The van der Waals surface area contributed by atoms with E-state index in [1.54, 1.807) is 12.4 Å². The molecular weight excluding hydrogens is 238 g/mol. The molecule has 1 unspecified atom stereocenters. The van der Waals surface area contributed by atoms with E-state index in [9.17, 15) is 9.59 Å². The van der Waals surface area contributed by atoms with Crippen molar-refractivity contribution in [3.8, 4) is 0 Å². The van der Waals surface area contributed by atoms with Gasteiger partial charge in [-0.25, -0.2) is 0 Å². The zero-order chi connectivity index (χ0) is 12.1. The zero-order valence-corrected chi connectivity index (χ0v) is 10.00. The third-order valence-electron chi connectivity index (χ3n) is 2.36. The quantitative estimate of drug-likeness (QED) is 0.789. The molecule has 0 bridgehead atoms. The molecule has 0 radical (unpaired) electrons. The fourth-order valence-electron chi connectivity index (χ4n) is 1.50. The summed E-state index contributed by atoms with van der Waals surface area (Å²) in [4.78, 5) is 26.8. The van der Waals surface area contributed by atoms with Crippen LogP contribution in [0, 0.1) is 0 Å². The Kier molecular flexibility index (Phi) is 3.98. The van der Waals surface area contributed by atoms with Crippen LogP contribution in [-0.2, 0) is 16.1 Å². The number of aromatic nitrogens is 1. The summed E-state index contributed by atoms with van der Waals surface area (Å²) >= 11 is 1.48. The minimum Gasteiger partial charge on any atom is -0.350 e. The monoisotopic (exact) mass is 251 g/mol. The topological polar surface area (TPSA) is 71.1 Å². The maximum Gasteiger partial charge on any atom is 0.243 e. The molecule has 0 aliphatic carbocycles. The molecule has 1 aliphatic heterocycles. The number of thioether (sulfide) groups is 1. The standard InChI is InChI=1S/C11H13N3O2S/c15-10-7-17-6-9(14-10)11(16)13-5-8-2-1-3-12-4-8/h1-4,9H,5-7H2,(H,13,16)(H,14,15). The average Bonchev–Trinajstić information content (AvgIpc) is 2.37. The van der Waals surface area contributed by atoms with E-state index < -0.39 is 6.04 Å². The second kappa shape index (κ2) is 5.67. The number of amides is 2. The largest absolute Gasteiger partial charge is 0.350 e. The van der Waals surface area contributed by atoms with Gasteiger partial charge in [0.15, 0.2) is 0 Å². The molecule has 1 aliphatic rings. The minimum atomic E-state index is -0.419. The van der Waals surface area contributed by atoms with Crippen LogP contribution in [-0.4, -0.2) is 34.3 Å². The number of hydrogen-bond donors (Lipinski definition) is 2. The van der Waals surface area contributed by atoms with E-state index in [0.29, 0.717) is 18.1 Å². The van der Waals surface area contributed by atoms with Crippen molar-refractivity contribution >= 4 is 23.6 Å². The van der Waals surface area contributed by atoms with E-state index in [0.717, 1.165) is 5.56 Å². The van der Waals surface area contributed by atoms with Crippen LogP contribution in [0.15, 0.2) is 24.5 Å². The normalized spacial score (nSPS) is 19.5. The maximum atomic E-state index is 11.8. The van der Waals surface area contributed by atoms with Crippen molar-refractivity contribution in [1.82, 2.24) is 15.6 Å². The smallest absolute Gasteiger partial charge is 0.243 e. The molecule has 0 spiro atoms. The summed E-state index contributed by atoms with van der Waals surface area (Å²) in [6.07, 6.45) is 3.39. The van der Waals surface area contributed by atoms with Crippen LogP contribution in [0.4, 0.5) is 0 Å². The Morgan fingerprint density at radius 3 is 3.24 bits per heavy atom. The molecule has 6 heteroatoms. The van der Waals surface area contributed by atoms with Crippen molar-refractivity contribution in [2.24, 2.45) is 0 Å². The van der Waals surface area contributed by atoms with Crippen LogP contribution in [0.25, 0.3) is 0 Å². The predicted molar refractivity (Wildman–Crippen MR) is 65.3 cm³/mol. The third-order valence-corrected chi connectivity index (χ3v) is 3.39. The lowest BCUT2D eigenvalue weighted by Crippen LogP contribution is -2.51. The number of nitrogens with zero attached hydrogens (tertiary/aromatic N) is 1. The molecular formula is C11H13N3O2S. The van der Waals surface area contributed by atoms with Crippen molar-refractivity contribution in [1.29, 1.82) is 0 Å². The molecule has 1 fully saturated rings. The average molecular weight is 251 g/mol. The van der Waals surface area contributed by atoms with E-state index in [1.807, 2.05) is 12.1 Å². The molecule has 1 aromatic rings. The van der Waals surface area contributed by atoms with Crippen LogP contribution in [0.3, 0.4) is 0 Å². The number of rotatable bonds is 3. The summed E-state index contributed by atoms with van der Waals surface area (Å²) in [5.41, 5.74) is 0.940. The van der Waals surface area contributed by atoms with Gasteiger partial charge in [0, 0.05) is 24.7 Å². The summed E-state index contributed by atoms with van der Waals surface area (Å²) < 4.78 is 0. The Balaban J connectivity index is 1.83. The fraction of sp³-hybridized carbons (Fsp3) is 0.364. The Labute approximate surface area is 103 Å². The molecule has 17 heavy (non-hydrogen) atoms. The van der Waals surface area contributed by atoms with Crippen LogP contribution in [0.5, 0.6) is 0 Å². The van der Waals surface area contributed by atoms with Gasteiger partial charge >= 0.3 is 0 Å². The first-order valence-corrected chi connectivity index (χ1v) is 6.45. The van der Waals surface area contributed by atoms with Gasteiger partial charge in [-0.15, -0.1) is 11.8 Å². The van der Waals surface area contributed by atoms with Crippen molar-refractivity contribution in [3.05, 3.63) is 30.1 Å². The second-order valence-corrected chi connectivity index (χ2v) is 4.74. The van der Waals surface area contributed by atoms with Gasteiger partial charge in [-0.1, -0.05) is 6.07 Å².